The van der Waals surface area contributed by atoms with E-state index in [1.165, 1.54) is 4.90 Å². The topological polar surface area (TPSA) is 75.4 Å². The van der Waals surface area contributed by atoms with Crippen molar-refractivity contribution in [1.82, 2.24) is 10.1 Å². The molecule has 0 fully saturated rings. The van der Waals surface area contributed by atoms with Gasteiger partial charge in [0, 0.05) is 18.7 Å². The molecule has 0 saturated heterocycles. The molecule has 6 heteroatoms. The molecule has 1 N–H and O–H groups in total. The first kappa shape index (κ1) is 13.8. The molecule has 2 amide bonds. The van der Waals surface area contributed by atoms with Crippen LogP contribution in [0.15, 0.2) is 40.9 Å². The molecule has 0 radical (unpaired) electrons. The molecule has 0 bridgehead atoms. The highest BCUT2D eigenvalue weighted by atomic mass is 16.5. The van der Waals surface area contributed by atoms with Crippen LogP contribution < -0.4 is 5.32 Å². The minimum absolute atomic E-state index is 0.0559. The Hall–Kier alpha value is -2.63. The van der Waals surface area contributed by atoms with Crippen LogP contribution in [0.2, 0.25) is 0 Å². The first-order valence-corrected chi connectivity index (χ1v) is 6.10. The summed E-state index contributed by atoms with van der Waals surface area (Å²) in [6.07, 6.45) is 0. The van der Waals surface area contributed by atoms with Crippen LogP contribution in [0.25, 0.3) is 0 Å². The number of nitrogens with zero attached hydrogens (tertiary/aromatic N) is 2. The molecule has 6 nitrogen and oxygen atoms in total. The van der Waals surface area contributed by atoms with Gasteiger partial charge in [-0.1, -0.05) is 23.4 Å². The van der Waals surface area contributed by atoms with E-state index >= 15 is 0 Å². The Kier molecular flexibility index (Phi) is 4.14. The Morgan fingerprint density at radius 1 is 1.30 bits per heavy atom. The van der Waals surface area contributed by atoms with E-state index in [1.54, 1.807) is 44.3 Å². The van der Waals surface area contributed by atoms with Gasteiger partial charge in [-0.2, -0.15) is 0 Å². The first-order chi connectivity index (χ1) is 9.56. The highest BCUT2D eigenvalue weighted by molar-refractivity contribution is 5.98. The third-order valence-electron chi connectivity index (χ3n) is 2.64. The largest absolute Gasteiger partial charge is 0.360 e. The van der Waals surface area contributed by atoms with Crippen LogP contribution in [0.4, 0.5) is 5.82 Å². The fraction of sp³-hybridized carbons (Fsp3) is 0.214. The number of carbonyl (C=O) groups is 2. The highest BCUT2D eigenvalue weighted by Crippen LogP contribution is 2.07. The summed E-state index contributed by atoms with van der Waals surface area (Å²) in [6, 6.07) is 10.4. The molecule has 0 unspecified atom stereocenters. The van der Waals surface area contributed by atoms with Crippen molar-refractivity contribution < 1.29 is 14.1 Å². The molecule has 104 valence electrons. The number of hydrogen-bond donors (Lipinski definition) is 1. The van der Waals surface area contributed by atoms with Crippen LogP contribution in [-0.4, -0.2) is 35.5 Å². The summed E-state index contributed by atoms with van der Waals surface area (Å²) in [5.74, 6) is 0.407. The van der Waals surface area contributed by atoms with Gasteiger partial charge in [-0.25, -0.2) is 0 Å². The van der Waals surface area contributed by atoms with Gasteiger partial charge < -0.3 is 14.7 Å². The van der Waals surface area contributed by atoms with E-state index in [0.29, 0.717) is 17.1 Å². The molecule has 0 atom stereocenters. The summed E-state index contributed by atoms with van der Waals surface area (Å²) < 4.78 is 4.84. The smallest absolute Gasteiger partial charge is 0.254 e. The van der Waals surface area contributed by atoms with Crippen molar-refractivity contribution in [2.75, 3.05) is 18.9 Å². The molecular formula is C14H15N3O3. The van der Waals surface area contributed by atoms with Gasteiger partial charge in [0.05, 0.1) is 6.54 Å². The van der Waals surface area contributed by atoms with Crippen LogP contribution in [0.5, 0.6) is 0 Å². The lowest BCUT2D eigenvalue weighted by Crippen LogP contribution is -2.34. The van der Waals surface area contributed by atoms with Crippen LogP contribution in [0, 0.1) is 6.92 Å². The van der Waals surface area contributed by atoms with Crippen LogP contribution in [-0.2, 0) is 4.79 Å². The number of hydrogen-bond acceptors (Lipinski definition) is 4. The van der Waals surface area contributed by atoms with Crippen LogP contribution >= 0.6 is 0 Å². The minimum atomic E-state index is -0.329. The van der Waals surface area contributed by atoms with Crippen LogP contribution in [0.3, 0.4) is 0 Å². The molecule has 1 aromatic heterocycles. The zero-order chi connectivity index (χ0) is 14.5. The molecule has 0 aliphatic carbocycles. The Labute approximate surface area is 116 Å². The molecule has 0 aliphatic heterocycles. The van der Waals surface area contributed by atoms with Crippen molar-refractivity contribution in [3.05, 3.63) is 47.7 Å². The van der Waals surface area contributed by atoms with Gasteiger partial charge in [-0.15, -0.1) is 0 Å². The third-order valence-corrected chi connectivity index (χ3v) is 2.64. The quantitative estimate of drug-likeness (QED) is 0.919. The number of amides is 2. The van der Waals surface area contributed by atoms with E-state index < -0.39 is 0 Å². The second-order valence-corrected chi connectivity index (χ2v) is 4.40. The monoisotopic (exact) mass is 273 g/mol. The number of aromatic nitrogens is 1. The van der Waals surface area contributed by atoms with E-state index in [1.807, 2.05) is 6.07 Å². The molecule has 1 heterocycles. The zero-order valence-corrected chi connectivity index (χ0v) is 11.3. The van der Waals surface area contributed by atoms with E-state index in [0.717, 1.165) is 0 Å². The molecule has 0 saturated carbocycles. The first-order valence-electron chi connectivity index (χ1n) is 6.10. The summed E-state index contributed by atoms with van der Waals surface area (Å²) >= 11 is 0. The highest BCUT2D eigenvalue weighted by Gasteiger charge is 2.15. The summed E-state index contributed by atoms with van der Waals surface area (Å²) in [4.78, 5) is 25.2. The Balaban J connectivity index is 1.92. The maximum atomic E-state index is 12.0. The van der Waals surface area contributed by atoms with Crippen molar-refractivity contribution in [3.63, 3.8) is 0 Å². The molecule has 2 aromatic rings. The Morgan fingerprint density at radius 2 is 2.00 bits per heavy atom. The maximum absolute atomic E-state index is 12.0. The normalized spacial score (nSPS) is 10.1. The van der Waals surface area contributed by atoms with Crippen molar-refractivity contribution in [2.45, 2.75) is 6.92 Å². The lowest BCUT2D eigenvalue weighted by molar-refractivity contribution is -0.116. The minimum Gasteiger partial charge on any atom is -0.360 e. The number of aryl methyl sites for hydroxylation is 1. The van der Waals surface area contributed by atoms with Crippen molar-refractivity contribution in [2.24, 2.45) is 0 Å². The average molecular weight is 273 g/mol. The number of carbonyl (C=O) groups excluding carboxylic acids is 2. The summed E-state index contributed by atoms with van der Waals surface area (Å²) in [5, 5.41) is 6.22. The predicted octanol–water partition coefficient (Wildman–Crippen LogP) is 1.69. The Morgan fingerprint density at radius 3 is 2.60 bits per heavy atom. The van der Waals surface area contributed by atoms with Gasteiger partial charge in [0.1, 0.15) is 5.76 Å². The van der Waals surface area contributed by atoms with Gasteiger partial charge in [0.2, 0.25) is 5.91 Å². The lowest BCUT2D eigenvalue weighted by Gasteiger charge is -2.16. The van der Waals surface area contributed by atoms with E-state index in [9.17, 15) is 9.59 Å². The van der Waals surface area contributed by atoms with Gasteiger partial charge in [0.15, 0.2) is 5.82 Å². The number of benzene rings is 1. The number of anilines is 1. The van der Waals surface area contributed by atoms with Gasteiger partial charge >= 0.3 is 0 Å². The van der Waals surface area contributed by atoms with Crippen molar-refractivity contribution in [3.8, 4) is 0 Å². The predicted molar refractivity (Wildman–Crippen MR) is 73.3 cm³/mol. The molecule has 20 heavy (non-hydrogen) atoms. The van der Waals surface area contributed by atoms with Crippen molar-refractivity contribution in [1.29, 1.82) is 0 Å². The fourth-order valence-corrected chi connectivity index (χ4v) is 1.70. The number of nitrogens with one attached hydrogen (secondary N) is 1. The summed E-state index contributed by atoms with van der Waals surface area (Å²) in [5.41, 5.74) is 0.542. The van der Waals surface area contributed by atoms with E-state index in [-0.39, 0.29) is 18.4 Å². The van der Waals surface area contributed by atoms with Crippen LogP contribution in [0.1, 0.15) is 16.1 Å². The number of rotatable bonds is 4. The maximum Gasteiger partial charge on any atom is 0.254 e. The molecule has 1 aromatic carbocycles. The molecule has 0 spiro atoms. The van der Waals surface area contributed by atoms with E-state index in [2.05, 4.69) is 10.5 Å². The van der Waals surface area contributed by atoms with Gasteiger partial charge in [-0.3, -0.25) is 9.59 Å². The van der Waals surface area contributed by atoms with Gasteiger partial charge in [0.25, 0.3) is 5.91 Å². The zero-order valence-electron chi connectivity index (χ0n) is 11.3. The second-order valence-electron chi connectivity index (χ2n) is 4.40. The van der Waals surface area contributed by atoms with E-state index in [4.69, 9.17) is 4.52 Å². The van der Waals surface area contributed by atoms with Crippen molar-refractivity contribution >= 4 is 17.6 Å². The lowest BCUT2D eigenvalue weighted by atomic mass is 10.2. The molecular weight excluding hydrogens is 258 g/mol. The standard InChI is InChI=1S/C14H15N3O3/c1-10-8-12(16-20-10)15-13(18)9-17(2)14(19)11-6-4-3-5-7-11/h3-8H,9H2,1-2H3,(H,15,16,18). The SMILES string of the molecule is Cc1cc(NC(=O)CN(C)C(=O)c2ccccc2)no1. The molecule has 2 rings (SSSR count). The fourth-order valence-electron chi connectivity index (χ4n) is 1.70. The number of likely N-dealkylation sites (N-methyl/N-ethyl adjacent to an activating group) is 1. The van der Waals surface area contributed by atoms with Gasteiger partial charge in [-0.05, 0) is 19.1 Å². The summed E-state index contributed by atoms with van der Waals surface area (Å²) in [6.45, 7) is 1.67. The second kappa shape index (κ2) is 6.01. The average Bonchev–Trinajstić information content (AvgIpc) is 2.84. The summed E-state index contributed by atoms with van der Waals surface area (Å²) in [7, 11) is 1.57. The Bertz CT molecular complexity index is 607. The molecule has 0 aliphatic rings. The third kappa shape index (κ3) is 3.44.